The first-order chi connectivity index (χ1) is 31.6. The number of aldehydes is 1. The Morgan fingerprint density at radius 2 is 1.52 bits per heavy atom. The van der Waals surface area contributed by atoms with Crippen molar-refractivity contribution in [3.63, 3.8) is 0 Å². The van der Waals surface area contributed by atoms with Gasteiger partial charge >= 0.3 is 0 Å². The molecule has 3 aromatic carbocycles. The van der Waals surface area contributed by atoms with E-state index in [9.17, 15) is 43.5 Å². The maximum Gasteiger partial charge on any atom is 0.295 e. The molecule has 0 aliphatic carbocycles. The summed E-state index contributed by atoms with van der Waals surface area (Å²) in [5.41, 5.74) is 1.42. The van der Waals surface area contributed by atoms with Crippen LogP contribution in [0.25, 0.3) is 0 Å². The van der Waals surface area contributed by atoms with Crippen LogP contribution in [0.5, 0.6) is 17.2 Å². The molecule has 1 fully saturated rings. The number of Topliss-reactive ketones (excluding diaryl/α,β-unsaturated/α-hetero) is 1. The number of ketones is 1. The average molecular weight is 912 g/mol. The highest BCUT2D eigenvalue weighted by Crippen LogP contribution is 2.29. The van der Waals surface area contributed by atoms with E-state index in [1.54, 1.807) is 12.1 Å². The van der Waals surface area contributed by atoms with Gasteiger partial charge in [0.25, 0.3) is 11.7 Å². The number of phenolic OH excluding ortho intramolecular Hbond substituents is 1. The number of hydrogen-bond donors (Lipinski definition) is 6. The second kappa shape index (κ2) is 23.9. The van der Waals surface area contributed by atoms with Gasteiger partial charge < -0.3 is 46.1 Å². The smallest absolute Gasteiger partial charge is 0.295 e. The summed E-state index contributed by atoms with van der Waals surface area (Å²) in [4.78, 5) is 113. The molecule has 3 unspecified atom stereocenters. The zero-order chi connectivity index (χ0) is 47.9. The molecule has 6 amide bonds. The van der Waals surface area contributed by atoms with Gasteiger partial charge in [-0.1, -0.05) is 56.3 Å². The number of likely N-dealkylation sites (N-methyl/N-ethyl adjacent to an activating group) is 1. The molecule has 1 saturated heterocycles. The molecule has 2 aliphatic rings. The van der Waals surface area contributed by atoms with E-state index >= 15 is 0 Å². The Hall–Kier alpha value is -6.82. The molecule has 18 heteroatoms. The van der Waals surface area contributed by atoms with E-state index in [0.29, 0.717) is 31.1 Å². The molecular weight excluding hydrogens is 851 g/mol. The van der Waals surface area contributed by atoms with E-state index < -0.39 is 77.6 Å². The third kappa shape index (κ3) is 13.6. The van der Waals surface area contributed by atoms with Gasteiger partial charge in [0.15, 0.2) is 17.8 Å². The molecule has 66 heavy (non-hydrogen) atoms. The number of aryl methyl sites for hydroxylation is 1. The number of nitrogens with zero attached hydrogens (tertiary/aromatic N) is 2. The summed E-state index contributed by atoms with van der Waals surface area (Å²) in [6.07, 6.45) is 0.974. The third-order valence-corrected chi connectivity index (χ3v) is 11.7. The lowest BCUT2D eigenvalue weighted by molar-refractivity contribution is -0.141. The lowest BCUT2D eigenvalue weighted by atomic mass is 9.98. The minimum atomic E-state index is -1.39. The quantitative estimate of drug-likeness (QED) is 0.133. The van der Waals surface area contributed by atoms with Crippen molar-refractivity contribution in [3.05, 3.63) is 89.5 Å². The third-order valence-electron chi connectivity index (χ3n) is 11.7. The van der Waals surface area contributed by atoms with Gasteiger partial charge in [0.2, 0.25) is 29.5 Å². The number of hydrogen-bond acceptors (Lipinski definition) is 12. The van der Waals surface area contributed by atoms with Gasteiger partial charge in [0.05, 0.1) is 19.7 Å². The number of phenols is 1. The number of amides is 6. The van der Waals surface area contributed by atoms with Gasteiger partial charge in [-0.25, -0.2) is 0 Å². The lowest BCUT2D eigenvalue weighted by Crippen LogP contribution is -2.62. The van der Waals surface area contributed by atoms with Crippen molar-refractivity contribution in [2.24, 2.45) is 5.92 Å². The summed E-state index contributed by atoms with van der Waals surface area (Å²) in [6.45, 7) is 5.16. The van der Waals surface area contributed by atoms with Gasteiger partial charge in [0, 0.05) is 18.5 Å². The van der Waals surface area contributed by atoms with Crippen LogP contribution >= 0.6 is 0 Å². The van der Waals surface area contributed by atoms with Crippen LogP contribution in [-0.2, 0) is 46.4 Å². The molecule has 2 aliphatic heterocycles. The summed E-state index contributed by atoms with van der Waals surface area (Å²) >= 11 is 0. The summed E-state index contributed by atoms with van der Waals surface area (Å²) < 4.78 is 11.3. The van der Waals surface area contributed by atoms with E-state index in [0.717, 1.165) is 5.56 Å². The fraction of sp³-hybridized carbons (Fsp3) is 0.458. The maximum atomic E-state index is 14.4. The number of rotatable bonds is 9. The Kier molecular flexibility index (Phi) is 18.2. The minimum Gasteiger partial charge on any atom is -0.508 e. The normalized spacial score (nSPS) is 23.6. The van der Waals surface area contributed by atoms with E-state index in [-0.39, 0.29) is 74.1 Å². The van der Waals surface area contributed by atoms with Crippen LogP contribution in [0.2, 0.25) is 0 Å². The zero-order valence-electron chi connectivity index (χ0n) is 38.0. The van der Waals surface area contributed by atoms with Crippen LogP contribution in [0.4, 0.5) is 0 Å². The van der Waals surface area contributed by atoms with E-state index in [2.05, 4.69) is 26.6 Å². The predicted octanol–water partition coefficient (Wildman–Crippen LogP) is 1.81. The van der Waals surface area contributed by atoms with Crippen molar-refractivity contribution < 1.29 is 52.9 Å². The molecule has 2 heterocycles. The topological polar surface area (TPSA) is 242 Å². The van der Waals surface area contributed by atoms with Crippen molar-refractivity contribution in [1.82, 2.24) is 36.4 Å². The molecule has 0 saturated carbocycles. The van der Waals surface area contributed by atoms with Crippen LogP contribution in [0.3, 0.4) is 0 Å². The summed E-state index contributed by atoms with van der Waals surface area (Å²) in [6, 6.07) is 13.8. The standard InChI is InChI=1S/C48H61N7O11/c1-29(2)25-38-47(63)52-36(26-32-14-18-34(57)19-15-32)45(61)50-30(3)43(59)49-22-24-66-40-27-33(17-21-39(40)65-5)42(58)48(64)55-23-10-9-13-37(55)46(62)51-35(20-16-31-11-7-6-8-12-31)44(60)53-41(28-56)54(38)4/h6-8,11-12,14-15,17-19,21,27-30,35-38,41,57H,9-10,13,16,20,22-26H2,1-5H3,(H,49,59)(H,50,61)(H,51,62)(H,52,63)(H,53,60)/t30-,35?,36+,37?,38+,41?/m0/s1. The molecule has 354 valence electrons. The minimum absolute atomic E-state index is 0.00516. The largest absolute Gasteiger partial charge is 0.508 e. The maximum absolute atomic E-state index is 14.4. The molecule has 2 bridgehead atoms. The summed E-state index contributed by atoms with van der Waals surface area (Å²) in [7, 11) is 2.88. The van der Waals surface area contributed by atoms with Crippen LogP contribution in [0, 0.1) is 5.92 Å². The second-order valence-corrected chi connectivity index (χ2v) is 17.0. The van der Waals surface area contributed by atoms with Gasteiger partial charge in [-0.15, -0.1) is 0 Å². The molecule has 6 N–H and O–H groups in total. The number of piperidine rings is 1. The monoisotopic (exact) mass is 911 g/mol. The zero-order valence-corrected chi connectivity index (χ0v) is 38.0. The van der Waals surface area contributed by atoms with Gasteiger partial charge in [-0.3, -0.25) is 43.3 Å². The van der Waals surface area contributed by atoms with Crippen molar-refractivity contribution in [1.29, 1.82) is 0 Å². The number of nitrogens with one attached hydrogen (secondary N) is 5. The van der Waals surface area contributed by atoms with Crippen molar-refractivity contribution in [2.45, 2.75) is 102 Å². The highest BCUT2D eigenvalue weighted by atomic mass is 16.5. The first-order valence-corrected chi connectivity index (χ1v) is 22.2. The van der Waals surface area contributed by atoms with Crippen LogP contribution in [0.15, 0.2) is 72.8 Å². The molecular formula is C48H61N7O11. The average Bonchev–Trinajstić information content (AvgIpc) is 3.31. The second-order valence-electron chi connectivity index (χ2n) is 17.0. The fourth-order valence-electron chi connectivity index (χ4n) is 7.91. The molecule has 0 aromatic heterocycles. The van der Waals surface area contributed by atoms with E-state index in [4.69, 9.17) is 9.47 Å². The number of fused-ring (bicyclic) bond motifs is 3. The first kappa shape index (κ1) is 50.2. The van der Waals surface area contributed by atoms with Crippen molar-refractivity contribution in [2.75, 3.05) is 33.9 Å². The number of carbonyl (C=O) groups excluding carboxylic acids is 8. The van der Waals surface area contributed by atoms with Gasteiger partial charge in [0.1, 0.15) is 42.7 Å². The molecule has 5 rings (SSSR count). The van der Waals surface area contributed by atoms with E-state index in [1.165, 1.54) is 61.2 Å². The SMILES string of the molecule is COc1ccc2cc1OCCNC(=O)[C@H](C)NC(=O)[C@@H](Cc1ccc(O)cc1)NC(=O)[C@@H](CC(C)C)N(C)C(C=O)NC(=O)C(CCc1ccccc1)NC(=O)C1CCCCN1C(=O)C2=O. The predicted molar refractivity (Wildman–Crippen MR) is 242 cm³/mol. The Labute approximate surface area is 384 Å². The van der Waals surface area contributed by atoms with Gasteiger partial charge in [-0.05, 0) is 99.9 Å². The van der Waals surface area contributed by atoms with Crippen molar-refractivity contribution >= 4 is 47.5 Å². The Balaban J connectivity index is 1.51. The Morgan fingerprint density at radius 3 is 2.20 bits per heavy atom. The summed E-state index contributed by atoms with van der Waals surface area (Å²) in [5.74, 6) is -4.91. The molecule has 0 radical (unpaired) electrons. The molecule has 0 spiro atoms. The molecule has 6 atom stereocenters. The number of aromatic hydroxyl groups is 1. The fourth-order valence-corrected chi connectivity index (χ4v) is 7.91. The molecule has 18 nitrogen and oxygen atoms in total. The number of methoxy groups -OCH3 is 1. The number of benzene rings is 3. The van der Waals surface area contributed by atoms with Crippen LogP contribution in [0.1, 0.15) is 74.4 Å². The highest BCUT2D eigenvalue weighted by molar-refractivity contribution is 6.43. The number of ether oxygens (including phenoxy) is 2. The van der Waals surface area contributed by atoms with Crippen molar-refractivity contribution in [3.8, 4) is 17.2 Å². The molecule has 3 aromatic rings. The Morgan fingerprint density at radius 1 is 0.818 bits per heavy atom. The Bertz CT molecular complexity index is 2200. The number of carbonyl (C=O) groups is 8. The lowest BCUT2D eigenvalue weighted by Gasteiger charge is -2.36. The van der Waals surface area contributed by atoms with Crippen LogP contribution < -0.4 is 36.1 Å². The van der Waals surface area contributed by atoms with E-state index in [1.807, 2.05) is 44.2 Å². The summed E-state index contributed by atoms with van der Waals surface area (Å²) in [5, 5.41) is 23.6. The van der Waals surface area contributed by atoms with Gasteiger partial charge in [-0.2, -0.15) is 0 Å². The van der Waals surface area contributed by atoms with Crippen LogP contribution in [-0.4, -0.2) is 133 Å². The highest BCUT2D eigenvalue weighted by Gasteiger charge is 2.39. The first-order valence-electron chi connectivity index (χ1n) is 22.2.